The zero-order valence-electron chi connectivity index (χ0n) is 9.65. The quantitative estimate of drug-likeness (QED) is 0.712. The van der Waals surface area contributed by atoms with Crippen molar-refractivity contribution in [2.45, 2.75) is 51.0 Å². The van der Waals surface area contributed by atoms with Crippen LogP contribution in [-0.4, -0.2) is 29.3 Å². The van der Waals surface area contributed by atoms with E-state index in [1.807, 2.05) is 4.90 Å². The molecule has 1 heterocycles. The Kier molecular flexibility index (Phi) is 3.46. The van der Waals surface area contributed by atoms with Gasteiger partial charge in [0.2, 0.25) is 11.8 Å². The van der Waals surface area contributed by atoms with E-state index in [1.54, 1.807) is 0 Å². The van der Waals surface area contributed by atoms with E-state index in [1.165, 1.54) is 25.7 Å². The van der Waals surface area contributed by atoms with Gasteiger partial charge < -0.3 is 10.6 Å². The van der Waals surface area contributed by atoms with Crippen LogP contribution in [0, 0.1) is 5.92 Å². The van der Waals surface area contributed by atoms with Crippen LogP contribution in [0.15, 0.2) is 0 Å². The van der Waals surface area contributed by atoms with Crippen molar-refractivity contribution in [2.75, 3.05) is 6.54 Å². The molecular formula is C12H20N2O2. The monoisotopic (exact) mass is 224 g/mol. The molecular weight excluding hydrogens is 204 g/mol. The SMILES string of the molecule is NC(=O)CC(=O)N1CCCC2CCCCC21. The van der Waals surface area contributed by atoms with Gasteiger partial charge in [-0.1, -0.05) is 12.8 Å². The summed E-state index contributed by atoms with van der Waals surface area (Å²) in [6, 6.07) is 0.384. The Morgan fingerprint density at radius 2 is 1.81 bits per heavy atom. The lowest BCUT2D eigenvalue weighted by molar-refractivity contribution is -0.140. The third-order valence-corrected chi connectivity index (χ3v) is 3.89. The van der Waals surface area contributed by atoms with Gasteiger partial charge in [-0.15, -0.1) is 0 Å². The molecule has 0 spiro atoms. The van der Waals surface area contributed by atoms with E-state index < -0.39 is 5.91 Å². The summed E-state index contributed by atoms with van der Waals surface area (Å²) >= 11 is 0. The van der Waals surface area contributed by atoms with Crippen LogP contribution in [0.5, 0.6) is 0 Å². The molecule has 1 saturated heterocycles. The second kappa shape index (κ2) is 4.85. The van der Waals surface area contributed by atoms with Crippen molar-refractivity contribution < 1.29 is 9.59 Å². The molecule has 0 aromatic rings. The fourth-order valence-corrected chi connectivity index (χ4v) is 3.19. The number of piperidine rings is 1. The minimum Gasteiger partial charge on any atom is -0.369 e. The van der Waals surface area contributed by atoms with E-state index in [9.17, 15) is 9.59 Å². The number of nitrogens with two attached hydrogens (primary N) is 1. The van der Waals surface area contributed by atoms with E-state index in [-0.39, 0.29) is 12.3 Å². The Balaban J connectivity index is 2.01. The molecule has 16 heavy (non-hydrogen) atoms. The summed E-state index contributed by atoms with van der Waals surface area (Å²) in [5.74, 6) is 0.0892. The van der Waals surface area contributed by atoms with Crippen LogP contribution in [-0.2, 0) is 9.59 Å². The number of rotatable bonds is 2. The average Bonchev–Trinajstić information content (AvgIpc) is 2.27. The van der Waals surface area contributed by atoms with E-state index in [2.05, 4.69) is 0 Å². The van der Waals surface area contributed by atoms with Crippen LogP contribution < -0.4 is 5.73 Å². The molecule has 2 fully saturated rings. The molecule has 0 aromatic heterocycles. The molecule has 2 N–H and O–H groups in total. The van der Waals surface area contributed by atoms with Crippen molar-refractivity contribution in [3.05, 3.63) is 0 Å². The Labute approximate surface area is 96.2 Å². The summed E-state index contributed by atoms with van der Waals surface area (Å²) in [5, 5.41) is 0. The first kappa shape index (κ1) is 11.4. The largest absolute Gasteiger partial charge is 0.369 e. The van der Waals surface area contributed by atoms with Gasteiger partial charge in [0.1, 0.15) is 6.42 Å². The van der Waals surface area contributed by atoms with Crippen molar-refractivity contribution in [1.29, 1.82) is 0 Å². The number of carbonyl (C=O) groups excluding carboxylic acids is 2. The molecule has 1 saturated carbocycles. The zero-order chi connectivity index (χ0) is 11.5. The van der Waals surface area contributed by atoms with Crippen LogP contribution in [0.2, 0.25) is 0 Å². The van der Waals surface area contributed by atoms with E-state index >= 15 is 0 Å². The van der Waals surface area contributed by atoms with Gasteiger partial charge in [-0.05, 0) is 31.6 Å². The van der Waals surface area contributed by atoms with Gasteiger partial charge in [-0.2, -0.15) is 0 Å². The summed E-state index contributed by atoms with van der Waals surface area (Å²) in [5.41, 5.74) is 5.08. The van der Waals surface area contributed by atoms with Gasteiger partial charge in [-0.25, -0.2) is 0 Å². The van der Waals surface area contributed by atoms with Gasteiger partial charge >= 0.3 is 0 Å². The predicted octanol–water partition coefficient (Wildman–Crippen LogP) is 1.04. The number of hydrogen-bond donors (Lipinski definition) is 1. The molecule has 4 heteroatoms. The lowest BCUT2D eigenvalue weighted by Crippen LogP contribution is -2.50. The molecule has 1 aliphatic heterocycles. The Hall–Kier alpha value is -1.06. The smallest absolute Gasteiger partial charge is 0.232 e. The highest BCUT2D eigenvalue weighted by molar-refractivity contribution is 5.96. The standard InChI is InChI=1S/C12H20N2O2/c13-11(15)8-12(16)14-7-3-5-9-4-1-2-6-10(9)14/h9-10H,1-8H2,(H2,13,15). The second-order valence-electron chi connectivity index (χ2n) is 4.98. The lowest BCUT2D eigenvalue weighted by Gasteiger charge is -2.44. The molecule has 0 aromatic carbocycles. The summed E-state index contributed by atoms with van der Waals surface area (Å²) in [6.45, 7) is 0.813. The highest BCUT2D eigenvalue weighted by atomic mass is 16.2. The minimum absolute atomic E-state index is 0.0656. The summed E-state index contributed by atoms with van der Waals surface area (Å²) in [4.78, 5) is 24.6. The normalized spacial score (nSPS) is 29.6. The van der Waals surface area contributed by atoms with E-state index in [0.717, 1.165) is 19.4 Å². The lowest BCUT2D eigenvalue weighted by atomic mass is 9.78. The first-order chi connectivity index (χ1) is 7.68. The third-order valence-electron chi connectivity index (χ3n) is 3.89. The van der Waals surface area contributed by atoms with E-state index in [0.29, 0.717) is 12.0 Å². The fraction of sp³-hybridized carbons (Fsp3) is 0.833. The number of carbonyl (C=O) groups is 2. The second-order valence-corrected chi connectivity index (χ2v) is 4.98. The number of nitrogens with zero attached hydrogens (tertiary/aromatic N) is 1. The maximum Gasteiger partial charge on any atom is 0.232 e. The summed E-state index contributed by atoms with van der Waals surface area (Å²) in [7, 11) is 0. The van der Waals surface area contributed by atoms with E-state index in [4.69, 9.17) is 5.73 Å². The topological polar surface area (TPSA) is 63.4 Å². The number of fused-ring (bicyclic) bond motifs is 1. The third kappa shape index (κ3) is 2.36. The first-order valence-electron chi connectivity index (χ1n) is 6.26. The Morgan fingerprint density at radius 3 is 2.56 bits per heavy atom. The predicted molar refractivity (Wildman–Crippen MR) is 60.5 cm³/mol. The maximum absolute atomic E-state index is 11.9. The molecule has 2 amide bonds. The van der Waals surface area contributed by atoms with Gasteiger partial charge in [0.05, 0.1) is 0 Å². The van der Waals surface area contributed by atoms with Crippen molar-refractivity contribution in [1.82, 2.24) is 4.90 Å². The molecule has 1 aliphatic carbocycles. The maximum atomic E-state index is 11.9. The Morgan fingerprint density at radius 1 is 1.12 bits per heavy atom. The number of hydrogen-bond acceptors (Lipinski definition) is 2. The molecule has 0 bridgehead atoms. The zero-order valence-corrected chi connectivity index (χ0v) is 9.65. The van der Waals surface area contributed by atoms with Crippen molar-refractivity contribution in [2.24, 2.45) is 11.7 Å². The number of amides is 2. The summed E-state index contributed by atoms with van der Waals surface area (Å²) < 4.78 is 0. The summed E-state index contributed by atoms with van der Waals surface area (Å²) in [6.07, 6.45) is 7.04. The van der Waals surface area contributed by atoms with Gasteiger partial charge in [0, 0.05) is 12.6 Å². The van der Waals surface area contributed by atoms with Crippen LogP contribution in [0.25, 0.3) is 0 Å². The molecule has 2 unspecified atom stereocenters. The van der Waals surface area contributed by atoms with Crippen molar-refractivity contribution in [3.8, 4) is 0 Å². The molecule has 2 atom stereocenters. The van der Waals surface area contributed by atoms with Crippen LogP contribution in [0.4, 0.5) is 0 Å². The highest BCUT2D eigenvalue weighted by Gasteiger charge is 2.35. The Bertz CT molecular complexity index is 289. The molecule has 90 valence electrons. The van der Waals surface area contributed by atoms with Crippen LogP contribution in [0.3, 0.4) is 0 Å². The fourth-order valence-electron chi connectivity index (χ4n) is 3.19. The van der Waals surface area contributed by atoms with Crippen LogP contribution >= 0.6 is 0 Å². The van der Waals surface area contributed by atoms with Crippen molar-refractivity contribution in [3.63, 3.8) is 0 Å². The first-order valence-corrected chi connectivity index (χ1v) is 6.26. The minimum atomic E-state index is -0.511. The van der Waals surface area contributed by atoms with Gasteiger partial charge in [-0.3, -0.25) is 9.59 Å². The average molecular weight is 224 g/mol. The molecule has 4 nitrogen and oxygen atoms in total. The number of likely N-dealkylation sites (tertiary alicyclic amines) is 1. The number of primary amides is 1. The molecule has 0 radical (unpaired) electrons. The van der Waals surface area contributed by atoms with Gasteiger partial charge in [0.25, 0.3) is 0 Å². The molecule has 2 rings (SSSR count). The molecule has 2 aliphatic rings. The van der Waals surface area contributed by atoms with Gasteiger partial charge in [0.15, 0.2) is 0 Å². The van der Waals surface area contributed by atoms with Crippen LogP contribution in [0.1, 0.15) is 44.9 Å². The van der Waals surface area contributed by atoms with Crippen molar-refractivity contribution >= 4 is 11.8 Å². The highest BCUT2D eigenvalue weighted by Crippen LogP contribution is 2.35.